The zero-order chi connectivity index (χ0) is 20.4. The number of aromatic hydroxyl groups is 1. The number of phenolic OH excluding ortho intramolecular Hbond substituents is 1. The van der Waals surface area contributed by atoms with E-state index in [-0.39, 0.29) is 16.9 Å². The minimum absolute atomic E-state index is 0.110. The monoisotopic (exact) mass is 396 g/mol. The largest absolute Gasteiger partial charge is 0.508 e. The molecular weight excluding hydrogens is 380 g/mol. The third-order valence-corrected chi connectivity index (χ3v) is 4.82. The Morgan fingerprint density at radius 1 is 0.964 bits per heavy atom. The highest BCUT2D eigenvalue weighted by molar-refractivity contribution is 6.30. The highest BCUT2D eigenvalue weighted by Gasteiger charge is 2.21. The van der Waals surface area contributed by atoms with Crippen LogP contribution in [0.2, 0.25) is 5.02 Å². The maximum absolute atomic E-state index is 11.6. The van der Waals surface area contributed by atoms with Crippen LogP contribution in [-0.4, -0.2) is 27.3 Å². The maximum Gasteiger partial charge on any atom is 0.335 e. The highest BCUT2D eigenvalue weighted by atomic mass is 35.5. The van der Waals surface area contributed by atoms with Crippen LogP contribution >= 0.6 is 11.6 Å². The molecule has 0 saturated carbocycles. The van der Waals surface area contributed by atoms with Crippen LogP contribution < -0.4 is 0 Å². The molecule has 0 atom stereocenters. The van der Waals surface area contributed by atoms with E-state index >= 15 is 0 Å². The van der Waals surface area contributed by atoms with Crippen molar-refractivity contribution >= 4 is 23.5 Å². The van der Waals surface area contributed by atoms with Crippen LogP contribution in [0.5, 0.6) is 5.75 Å². The molecule has 142 valence electrons. The summed E-state index contributed by atoms with van der Waals surface area (Å²) in [6.07, 6.45) is -0.410. The van der Waals surface area contributed by atoms with E-state index in [4.69, 9.17) is 11.6 Å². The van der Waals surface area contributed by atoms with E-state index in [0.717, 1.165) is 5.56 Å². The molecule has 5 nitrogen and oxygen atoms in total. The lowest BCUT2D eigenvalue weighted by molar-refractivity contribution is -0.136. The molecule has 0 unspecified atom stereocenters. The number of hydrogen-bond acceptors (Lipinski definition) is 3. The molecule has 0 spiro atoms. The van der Waals surface area contributed by atoms with Gasteiger partial charge in [-0.1, -0.05) is 41.9 Å². The first-order valence-corrected chi connectivity index (χ1v) is 8.83. The molecule has 0 amide bonds. The Kier molecular flexibility index (Phi) is 5.38. The molecule has 0 aliphatic rings. The molecule has 3 aromatic rings. The second kappa shape index (κ2) is 7.74. The molecule has 0 heterocycles. The summed E-state index contributed by atoms with van der Waals surface area (Å²) in [5, 5.41) is 29.7. The highest BCUT2D eigenvalue weighted by Crippen LogP contribution is 2.41. The average Bonchev–Trinajstić information content (AvgIpc) is 2.63. The van der Waals surface area contributed by atoms with Crippen molar-refractivity contribution in [3.63, 3.8) is 0 Å². The van der Waals surface area contributed by atoms with Gasteiger partial charge in [0.2, 0.25) is 0 Å². The van der Waals surface area contributed by atoms with Gasteiger partial charge in [-0.05, 0) is 59.0 Å². The molecule has 3 aromatic carbocycles. The number of benzene rings is 3. The lowest BCUT2D eigenvalue weighted by atomic mass is 9.85. The Bertz CT molecular complexity index is 1090. The fourth-order valence-electron chi connectivity index (χ4n) is 3.31. The number of rotatable bonds is 5. The molecule has 0 aliphatic carbocycles. The van der Waals surface area contributed by atoms with Crippen molar-refractivity contribution in [3.8, 4) is 28.0 Å². The number of carboxylic acids is 2. The van der Waals surface area contributed by atoms with Crippen molar-refractivity contribution in [3.05, 3.63) is 76.3 Å². The molecule has 0 radical (unpaired) electrons. The van der Waals surface area contributed by atoms with Crippen LogP contribution in [0.25, 0.3) is 22.3 Å². The molecule has 3 rings (SSSR count). The molecule has 0 bridgehead atoms. The molecule has 0 fully saturated rings. The fraction of sp³-hybridized carbons (Fsp3) is 0.0909. The number of hydrogen-bond donors (Lipinski definition) is 3. The third kappa shape index (κ3) is 3.70. The Hall–Kier alpha value is -3.31. The summed E-state index contributed by atoms with van der Waals surface area (Å²) in [7, 11) is 0. The SMILES string of the molecule is Cc1c(C(=O)O)cccc1-c1c(-c2cccc(Cl)c2)ccc(O)c1CC(=O)O. The topological polar surface area (TPSA) is 94.8 Å². The molecule has 0 aliphatic heterocycles. The van der Waals surface area contributed by atoms with Crippen molar-refractivity contribution in [1.82, 2.24) is 0 Å². The van der Waals surface area contributed by atoms with E-state index < -0.39 is 18.4 Å². The van der Waals surface area contributed by atoms with Gasteiger partial charge in [-0.15, -0.1) is 0 Å². The molecular formula is C22H17ClO5. The van der Waals surface area contributed by atoms with E-state index in [9.17, 15) is 24.9 Å². The average molecular weight is 397 g/mol. The lowest BCUT2D eigenvalue weighted by Crippen LogP contribution is -2.06. The number of carboxylic acid groups (broad SMARTS) is 2. The van der Waals surface area contributed by atoms with Crippen molar-refractivity contribution in [1.29, 1.82) is 0 Å². The fourth-order valence-corrected chi connectivity index (χ4v) is 3.50. The predicted molar refractivity (Wildman–Crippen MR) is 107 cm³/mol. The standard InChI is InChI=1S/C22H17ClO5/c1-12-15(6-3-7-16(12)22(27)28)21-17(13-4-2-5-14(23)10-13)8-9-19(24)18(21)11-20(25)26/h2-10,24H,11H2,1H3,(H,25,26)(H,27,28). The Labute approximate surface area is 166 Å². The summed E-state index contributed by atoms with van der Waals surface area (Å²) < 4.78 is 0. The Morgan fingerprint density at radius 2 is 1.68 bits per heavy atom. The zero-order valence-corrected chi connectivity index (χ0v) is 15.7. The second-order valence-corrected chi connectivity index (χ2v) is 6.79. The molecule has 28 heavy (non-hydrogen) atoms. The lowest BCUT2D eigenvalue weighted by Gasteiger charge is -2.19. The summed E-state index contributed by atoms with van der Waals surface area (Å²) in [5.74, 6) is -2.35. The predicted octanol–water partition coefficient (Wildman–Crippen LogP) is 5.01. The van der Waals surface area contributed by atoms with Crippen molar-refractivity contribution in [2.45, 2.75) is 13.3 Å². The number of aliphatic carboxylic acids is 1. The van der Waals surface area contributed by atoms with Gasteiger partial charge in [0.05, 0.1) is 12.0 Å². The van der Waals surface area contributed by atoms with Crippen LogP contribution in [0.15, 0.2) is 54.6 Å². The smallest absolute Gasteiger partial charge is 0.335 e. The summed E-state index contributed by atoms with van der Waals surface area (Å²) >= 11 is 6.13. The third-order valence-electron chi connectivity index (χ3n) is 4.59. The molecule has 3 N–H and O–H groups in total. The van der Waals surface area contributed by atoms with E-state index in [1.54, 1.807) is 43.3 Å². The first-order valence-electron chi connectivity index (χ1n) is 8.45. The molecule has 6 heteroatoms. The van der Waals surface area contributed by atoms with E-state index in [1.165, 1.54) is 12.1 Å². The summed E-state index contributed by atoms with van der Waals surface area (Å²) in [6, 6.07) is 15.0. The number of aromatic carboxylic acids is 1. The zero-order valence-electron chi connectivity index (χ0n) is 14.9. The normalized spacial score (nSPS) is 10.6. The van der Waals surface area contributed by atoms with Gasteiger partial charge < -0.3 is 15.3 Å². The number of halogens is 1. The van der Waals surface area contributed by atoms with Gasteiger partial charge in [0.1, 0.15) is 5.75 Å². The van der Waals surface area contributed by atoms with Gasteiger partial charge in [0.25, 0.3) is 0 Å². The minimum Gasteiger partial charge on any atom is -0.508 e. The molecule has 0 saturated heterocycles. The first kappa shape index (κ1) is 19.5. The van der Waals surface area contributed by atoms with Crippen LogP contribution in [0, 0.1) is 6.92 Å². The number of phenols is 1. The Balaban J connectivity index is 2.40. The van der Waals surface area contributed by atoms with E-state index in [2.05, 4.69) is 0 Å². The van der Waals surface area contributed by atoms with Crippen molar-refractivity contribution < 1.29 is 24.9 Å². The summed E-state index contributed by atoms with van der Waals surface area (Å²) in [6.45, 7) is 1.66. The maximum atomic E-state index is 11.6. The minimum atomic E-state index is -1.10. The van der Waals surface area contributed by atoms with E-state index in [1.807, 2.05) is 6.07 Å². The van der Waals surface area contributed by atoms with Crippen LogP contribution in [0.4, 0.5) is 0 Å². The van der Waals surface area contributed by atoms with Crippen LogP contribution in [0.3, 0.4) is 0 Å². The van der Waals surface area contributed by atoms with Gasteiger partial charge >= 0.3 is 11.9 Å². The summed E-state index contributed by atoms with van der Waals surface area (Å²) in [5.41, 5.74) is 3.22. The number of carbonyl (C=O) groups is 2. The van der Waals surface area contributed by atoms with Gasteiger partial charge in [0.15, 0.2) is 0 Å². The summed E-state index contributed by atoms with van der Waals surface area (Å²) in [4.78, 5) is 23.0. The van der Waals surface area contributed by atoms with Gasteiger partial charge in [0, 0.05) is 10.6 Å². The second-order valence-electron chi connectivity index (χ2n) is 6.35. The van der Waals surface area contributed by atoms with Gasteiger partial charge in [-0.2, -0.15) is 0 Å². The quantitative estimate of drug-likeness (QED) is 0.563. The van der Waals surface area contributed by atoms with Crippen LogP contribution in [0.1, 0.15) is 21.5 Å². The van der Waals surface area contributed by atoms with Crippen molar-refractivity contribution in [2.75, 3.05) is 0 Å². The molecule has 0 aromatic heterocycles. The van der Waals surface area contributed by atoms with Gasteiger partial charge in [-0.3, -0.25) is 4.79 Å². The Morgan fingerprint density at radius 3 is 2.32 bits per heavy atom. The van der Waals surface area contributed by atoms with Crippen LogP contribution in [-0.2, 0) is 11.2 Å². The first-order chi connectivity index (χ1) is 13.3. The van der Waals surface area contributed by atoms with Gasteiger partial charge in [-0.25, -0.2) is 4.79 Å². The van der Waals surface area contributed by atoms with Crippen molar-refractivity contribution in [2.24, 2.45) is 0 Å². The van der Waals surface area contributed by atoms with E-state index in [0.29, 0.717) is 27.3 Å².